The normalized spacial score (nSPS) is 12.4. The zero-order chi connectivity index (χ0) is 12.1. The highest BCUT2D eigenvalue weighted by Gasteiger charge is 2.25. The standard InChI is InChI=1S/C13H9N3OS/c17-11-5-7(1-3-14-11)12-9-6-10-8(2-4-18-10)13(9)16-15-12/h1-5H,6H2,(H,14,17)(H,15,16). The lowest BCUT2D eigenvalue weighted by Crippen LogP contribution is -2.02. The Bertz CT molecular complexity index is 796. The summed E-state index contributed by atoms with van der Waals surface area (Å²) in [6.45, 7) is 0. The molecule has 4 nitrogen and oxygen atoms in total. The Morgan fingerprint density at radius 3 is 3.17 bits per heavy atom. The smallest absolute Gasteiger partial charge is 0.248 e. The number of aromatic nitrogens is 3. The van der Waals surface area contributed by atoms with Gasteiger partial charge in [0, 0.05) is 40.3 Å². The van der Waals surface area contributed by atoms with Crippen LogP contribution in [0.5, 0.6) is 0 Å². The number of thiophene rings is 1. The Morgan fingerprint density at radius 2 is 2.28 bits per heavy atom. The highest BCUT2D eigenvalue weighted by atomic mass is 32.1. The molecule has 3 aromatic rings. The van der Waals surface area contributed by atoms with Crippen molar-refractivity contribution < 1.29 is 0 Å². The minimum atomic E-state index is -0.1000. The summed E-state index contributed by atoms with van der Waals surface area (Å²) < 4.78 is 0. The van der Waals surface area contributed by atoms with Gasteiger partial charge in [0.25, 0.3) is 0 Å². The molecule has 1 aliphatic rings. The second-order valence-corrected chi connectivity index (χ2v) is 5.30. The topological polar surface area (TPSA) is 61.5 Å². The summed E-state index contributed by atoms with van der Waals surface area (Å²) in [6.07, 6.45) is 2.56. The Hall–Kier alpha value is -2.14. The summed E-state index contributed by atoms with van der Waals surface area (Å²) in [5.74, 6) is 0. The molecule has 1 aliphatic carbocycles. The molecular weight excluding hydrogens is 246 g/mol. The molecule has 0 bridgehead atoms. The fraction of sp³-hybridized carbons (Fsp3) is 0.0769. The minimum Gasteiger partial charge on any atom is -0.329 e. The third-order valence-electron chi connectivity index (χ3n) is 3.27. The van der Waals surface area contributed by atoms with Crippen LogP contribution in [0.1, 0.15) is 10.4 Å². The summed E-state index contributed by atoms with van der Waals surface area (Å²) in [4.78, 5) is 15.3. The van der Waals surface area contributed by atoms with Crippen molar-refractivity contribution in [3.05, 3.63) is 50.6 Å². The van der Waals surface area contributed by atoms with Gasteiger partial charge in [0.15, 0.2) is 0 Å². The molecule has 0 amide bonds. The summed E-state index contributed by atoms with van der Waals surface area (Å²) >= 11 is 1.76. The van der Waals surface area contributed by atoms with Gasteiger partial charge in [-0.2, -0.15) is 5.10 Å². The van der Waals surface area contributed by atoms with Gasteiger partial charge < -0.3 is 4.98 Å². The van der Waals surface area contributed by atoms with E-state index in [1.807, 2.05) is 6.07 Å². The van der Waals surface area contributed by atoms with Crippen molar-refractivity contribution in [3.8, 4) is 22.5 Å². The Labute approximate surface area is 106 Å². The van der Waals surface area contributed by atoms with Crippen molar-refractivity contribution in [1.82, 2.24) is 15.2 Å². The molecule has 0 saturated heterocycles. The highest BCUT2D eigenvalue weighted by Crippen LogP contribution is 2.42. The second kappa shape index (κ2) is 3.43. The molecular formula is C13H9N3OS. The highest BCUT2D eigenvalue weighted by molar-refractivity contribution is 7.10. The van der Waals surface area contributed by atoms with Gasteiger partial charge in [-0.25, -0.2) is 0 Å². The molecule has 0 unspecified atom stereocenters. The van der Waals surface area contributed by atoms with Crippen molar-refractivity contribution in [2.24, 2.45) is 0 Å². The average Bonchev–Trinajstić information content (AvgIpc) is 2.99. The fourth-order valence-electron chi connectivity index (χ4n) is 2.45. The van der Waals surface area contributed by atoms with E-state index in [9.17, 15) is 4.79 Å². The van der Waals surface area contributed by atoms with Crippen LogP contribution in [0.25, 0.3) is 22.5 Å². The van der Waals surface area contributed by atoms with E-state index in [2.05, 4.69) is 26.6 Å². The number of H-pyrrole nitrogens is 2. The first kappa shape index (κ1) is 9.85. The lowest BCUT2D eigenvalue weighted by molar-refractivity contribution is 1.09. The second-order valence-electron chi connectivity index (χ2n) is 4.30. The summed E-state index contributed by atoms with van der Waals surface area (Å²) in [6, 6.07) is 5.58. The van der Waals surface area contributed by atoms with E-state index in [-0.39, 0.29) is 5.56 Å². The number of rotatable bonds is 1. The van der Waals surface area contributed by atoms with E-state index in [1.54, 1.807) is 23.6 Å². The van der Waals surface area contributed by atoms with Crippen LogP contribution in [0, 0.1) is 0 Å². The number of hydrogen-bond donors (Lipinski definition) is 2. The van der Waals surface area contributed by atoms with E-state index >= 15 is 0 Å². The van der Waals surface area contributed by atoms with E-state index in [0.29, 0.717) is 0 Å². The Balaban J connectivity index is 1.92. The van der Waals surface area contributed by atoms with E-state index in [4.69, 9.17) is 0 Å². The van der Waals surface area contributed by atoms with Crippen LogP contribution in [0.2, 0.25) is 0 Å². The van der Waals surface area contributed by atoms with Crippen molar-refractivity contribution >= 4 is 11.3 Å². The lowest BCUT2D eigenvalue weighted by atomic mass is 10.1. The molecule has 3 aromatic heterocycles. The van der Waals surface area contributed by atoms with Gasteiger partial charge in [0.1, 0.15) is 0 Å². The van der Waals surface area contributed by atoms with E-state index in [0.717, 1.165) is 23.4 Å². The molecule has 5 heteroatoms. The van der Waals surface area contributed by atoms with Crippen LogP contribution in [0.4, 0.5) is 0 Å². The van der Waals surface area contributed by atoms with Gasteiger partial charge >= 0.3 is 0 Å². The third-order valence-corrected chi connectivity index (χ3v) is 4.19. The van der Waals surface area contributed by atoms with Gasteiger partial charge in [-0.05, 0) is 17.5 Å². The molecule has 3 heterocycles. The molecule has 0 radical (unpaired) electrons. The van der Waals surface area contributed by atoms with Gasteiger partial charge in [-0.1, -0.05) is 0 Å². The van der Waals surface area contributed by atoms with Crippen LogP contribution < -0.4 is 5.56 Å². The monoisotopic (exact) mass is 255 g/mol. The van der Waals surface area contributed by atoms with Crippen LogP contribution >= 0.6 is 11.3 Å². The maximum atomic E-state index is 11.4. The largest absolute Gasteiger partial charge is 0.329 e. The fourth-order valence-corrected chi connectivity index (χ4v) is 3.34. The SMILES string of the molecule is O=c1cc(-c2n[nH]c3c2Cc2sccc2-3)cc[nH]1. The molecule has 0 fully saturated rings. The van der Waals surface area contributed by atoms with E-state index < -0.39 is 0 Å². The van der Waals surface area contributed by atoms with Crippen LogP contribution in [-0.4, -0.2) is 15.2 Å². The van der Waals surface area contributed by atoms with Gasteiger partial charge in [-0.3, -0.25) is 9.89 Å². The number of hydrogen-bond acceptors (Lipinski definition) is 3. The molecule has 0 spiro atoms. The quantitative estimate of drug-likeness (QED) is 0.548. The first-order chi connectivity index (χ1) is 8.83. The van der Waals surface area contributed by atoms with Crippen LogP contribution in [0.15, 0.2) is 34.6 Å². The van der Waals surface area contributed by atoms with Crippen LogP contribution in [-0.2, 0) is 6.42 Å². The van der Waals surface area contributed by atoms with Crippen molar-refractivity contribution in [3.63, 3.8) is 0 Å². The van der Waals surface area contributed by atoms with E-state index in [1.165, 1.54) is 16.0 Å². The van der Waals surface area contributed by atoms with Gasteiger partial charge in [0.05, 0.1) is 11.4 Å². The number of aromatic amines is 2. The predicted octanol–water partition coefficient (Wildman–Crippen LogP) is 2.40. The molecule has 0 aliphatic heterocycles. The molecule has 0 aromatic carbocycles. The third kappa shape index (κ3) is 1.25. The average molecular weight is 255 g/mol. The molecule has 88 valence electrons. The van der Waals surface area contributed by atoms with Crippen molar-refractivity contribution in [1.29, 1.82) is 0 Å². The molecule has 0 saturated carbocycles. The van der Waals surface area contributed by atoms with Gasteiger partial charge in [0.2, 0.25) is 5.56 Å². The zero-order valence-electron chi connectivity index (χ0n) is 9.36. The first-order valence-corrected chi connectivity index (χ1v) is 6.54. The Morgan fingerprint density at radius 1 is 1.33 bits per heavy atom. The number of pyridine rings is 1. The molecule has 18 heavy (non-hydrogen) atoms. The van der Waals surface area contributed by atoms with Crippen LogP contribution in [0.3, 0.4) is 0 Å². The van der Waals surface area contributed by atoms with Crippen molar-refractivity contribution in [2.75, 3.05) is 0 Å². The van der Waals surface area contributed by atoms with Crippen molar-refractivity contribution in [2.45, 2.75) is 6.42 Å². The minimum absolute atomic E-state index is 0.1000. The lowest BCUT2D eigenvalue weighted by Gasteiger charge is -1.98. The molecule has 4 rings (SSSR count). The summed E-state index contributed by atoms with van der Waals surface area (Å²) in [7, 11) is 0. The number of nitrogens with zero attached hydrogens (tertiary/aromatic N) is 1. The first-order valence-electron chi connectivity index (χ1n) is 5.66. The summed E-state index contributed by atoms with van der Waals surface area (Å²) in [5.41, 5.74) is 5.20. The zero-order valence-corrected chi connectivity index (χ0v) is 10.2. The predicted molar refractivity (Wildman–Crippen MR) is 70.8 cm³/mol. The maximum absolute atomic E-state index is 11.4. The maximum Gasteiger partial charge on any atom is 0.248 e. The molecule has 0 atom stereocenters. The van der Waals surface area contributed by atoms with Gasteiger partial charge in [-0.15, -0.1) is 11.3 Å². The number of fused-ring (bicyclic) bond motifs is 3. The Kier molecular flexibility index (Phi) is 1.87. The summed E-state index contributed by atoms with van der Waals surface area (Å²) in [5, 5.41) is 9.54. The number of nitrogens with one attached hydrogen (secondary N) is 2. The molecule has 2 N–H and O–H groups in total.